The highest BCUT2D eigenvalue weighted by Crippen LogP contribution is 2.33. The molecule has 0 amide bonds. The zero-order valence-corrected chi connectivity index (χ0v) is 16.4. The Morgan fingerprint density at radius 2 is 1.93 bits per heavy atom. The first kappa shape index (κ1) is 19.8. The molecule has 0 radical (unpaired) electrons. The Bertz CT molecular complexity index is 701. The molecule has 1 heterocycles. The average molecular weight is 370 g/mol. The summed E-state index contributed by atoms with van der Waals surface area (Å²) < 4.78 is 0. The minimum atomic E-state index is -0.0112. The number of carbonyl (C=O) groups excluding carboxylic acids is 1. The van der Waals surface area contributed by atoms with E-state index < -0.39 is 0 Å². The van der Waals surface area contributed by atoms with Gasteiger partial charge >= 0.3 is 0 Å². The monoisotopic (exact) mass is 369 g/mol. The molecule has 1 atom stereocenters. The van der Waals surface area contributed by atoms with Crippen molar-refractivity contribution in [1.29, 1.82) is 0 Å². The fourth-order valence-electron chi connectivity index (χ4n) is 3.93. The summed E-state index contributed by atoms with van der Waals surface area (Å²) >= 11 is 0. The Morgan fingerprint density at radius 1 is 1.22 bits per heavy atom. The minimum absolute atomic E-state index is 0.0112. The van der Waals surface area contributed by atoms with E-state index in [-0.39, 0.29) is 17.5 Å². The van der Waals surface area contributed by atoms with Crippen molar-refractivity contribution < 1.29 is 9.90 Å². The molecule has 0 saturated carbocycles. The number of ketones is 1. The number of benzene rings is 1. The van der Waals surface area contributed by atoms with Crippen LogP contribution in [0.1, 0.15) is 42.7 Å². The normalized spacial score (nSPS) is 22.7. The Kier molecular flexibility index (Phi) is 6.80. The van der Waals surface area contributed by atoms with E-state index >= 15 is 0 Å². The van der Waals surface area contributed by atoms with E-state index in [4.69, 9.17) is 0 Å². The van der Waals surface area contributed by atoms with Crippen LogP contribution in [0.2, 0.25) is 0 Å². The van der Waals surface area contributed by atoms with Crippen molar-refractivity contribution in [3.63, 3.8) is 0 Å². The van der Waals surface area contributed by atoms with Crippen molar-refractivity contribution >= 4 is 12.0 Å². The fourth-order valence-corrected chi connectivity index (χ4v) is 3.93. The van der Waals surface area contributed by atoms with Gasteiger partial charge in [0, 0.05) is 31.6 Å². The van der Waals surface area contributed by atoms with E-state index in [1.165, 1.54) is 18.4 Å². The van der Waals surface area contributed by atoms with Crippen LogP contribution in [0.5, 0.6) is 0 Å². The van der Waals surface area contributed by atoms with E-state index in [1.807, 2.05) is 14.0 Å². The van der Waals surface area contributed by atoms with Gasteiger partial charge in [0.25, 0.3) is 0 Å². The first-order valence-electron chi connectivity index (χ1n) is 9.98. The summed E-state index contributed by atoms with van der Waals surface area (Å²) in [6.45, 7) is 5.79. The van der Waals surface area contributed by atoms with Crippen LogP contribution in [0.25, 0.3) is 0 Å². The molecule has 1 aliphatic heterocycles. The van der Waals surface area contributed by atoms with Gasteiger partial charge in [-0.1, -0.05) is 29.8 Å². The molecule has 1 fully saturated rings. The van der Waals surface area contributed by atoms with Crippen LogP contribution in [0, 0.1) is 6.92 Å². The minimum Gasteiger partial charge on any atom is -0.511 e. The van der Waals surface area contributed by atoms with Crippen LogP contribution in [0.15, 0.2) is 40.6 Å². The van der Waals surface area contributed by atoms with Crippen LogP contribution in [0.3, 0.4) is 0 Å². The number of hydrogen-bond acceptors (Lipinski definition) is 5. The van der Waals surface area contributed by atoms with Gasteiger partial charge in [0.05, 0.1) is 12.1 Å². The van der Waals surface area contributed by atoms with E-state index in [9.17, 15) is 9.90 Å². The molecular formula is C22H31N3O2. The number of rotatable bonds is 6. The van der Waals surface area contributed by atoms with Gasteiger partial charge in [-0.2, -0.15) is 0 Å². The molecule has 1 aromatic carbocycles. The summed E-state index contributed by atoms with van der Waals surface area (Å²) in [5, 5.41) is 13.7. The number of carbonyl (C=O) groups is 1. The molecular weight excluding hydrogens is 338 g/mol. The maximum Gasteiger partial charge on any atom is 0.168 e. The smallest absolute Gasteiger partial charge is 0.168 e. The second-order valence-corrected chi connectivity index (χ2v) is 7.74. The maximum atomic E-state index is 12.5. The standard InChI is InChI=1S/C22H31N3O2/c1-16-3-5-17(6-4-16)18-13-21(26)20(22(27)14-18)15-24-9-12-25-10-7-19(23-2)8-11-25/h3-6,15,18-19,23,26H,7-14H2,1-2H3. The number of aliphatic hydroxyl groups excluding tert-OH is 1. The van der Waals surface area contributed by atoms with Crippen molar-refractivity contribution in [1.82, 2.24) is 10.2 Å². The molecule has 1 saturated heterocycles. The van der Waals surface area contributed by atoms with Crippen molar-refractivity contribution in [2.24, 2.45) is 4.99 Å². The van der Waals surface area contributed by atoms with Crippen molar-refractivity contribution in [3.05, 3.63) is 46.7 Å². The van der Waals surface area contributed by atoms with Gasteiger partial charge in [-0.15, -0.1) is 0 Å². The van der Waals surface area contributed by atoms with Gasteiger partial charge in [-0.3, -0.25) is 9.79 Å². The second-order valence-electron chi connectivity index (χ2n) is 7.74. The summed E-state index contributed by atoms with van der Waals surface area (Å²) in [4.78, 5) is 19.3. The molecule has 2 aliphatic rings. The van der Waals surface area contributed by atoms with E-state index in [2.05, 4.69) is 39.5 Å². The number of hydrogen-bond donors (Lipinski definition) is 2. The molecule has 1 aromatic rings. The molecule has 1 aliphatic carbocycles. The Hall–Kier alpha value is -1.98. The highest BCUT2D eigenvalue weighted by atomic mass is 16.3. The average Bonchev–Trinajstić information content (AvgIpc) is 2.67. The largest absolute Gasteiger partial charge is 0.511 e. The van der Waals surface area contributed by atoms with Crippen molar-refractivity contribution in [2.45, 2.75) is 44.6 Å². The van der Waals surface area contributed by atoms with Gasteiger partial charge in [-0.25, -0.2) is 0 Å². The number of nitrogens with zero attached hydrogens (tertiary/aromatic N) is 2. The van der Waals surface area contributed by atoms with E-state index in [0.717, 1.165) is 25.2 Å². The first-order chi connectivity index (χ1) is 13.1. The van der Waals surface area contributed by atoms with E-state index in [1.54, 1.807) is 6.21 Å². The summed E-state index contributed by atoms with van der Waals surface area (Å²) in [7, 11) is 2.02. The zero-order chi connectivity index (χ0) is 19.2. The molecule has 27 heavy (non-hydrogen) atoms. The molecule has 3 rings (SSSR count). The summed E-state index contributed by atoms with van der Waals surface area (Å²) in [5.41, 5.74) is 2.71. The molecule has 1 unspecified atom stereocenters. The third-order valence-corrected chi connectivity index (χ3v) is 5.79. The molecule has 0 aromatic heterocycles. The van der Waals surface area contributed by atoms with Crippen LogP contribution in [-0.2, 0) is 4.79 Å². The van der Waals surface area contributed by atoms with Gasteiger partial charge in [0.15, 0.2) is 5.78 Å². The number of Topliss-reactive ketones (excluding diaryl/α,β-unsaturated/α-hetero) is 1. The van der Waals surface area contributed by atoms with Crippen LogP contribution in [-0.4, -0.2) is 61.3 Å². The highest BCUT2D eigenvalue weighted by Gasteiger charge is 2.27. The number of nitrogens with one attached hydrogen (secondary N) is 1. The predicted molar refractivity (Wildman–Crippen MR) is 110 cm³/mol. The molecule has 5 heteroatoms. The lowest BCUT2D eigenvalue weighted by molar-refractivity contribution is -0.116. The zero-order valence-electron chi connectivity index (χ0n) is 16.4. The van der Waals surface area contributed by atoms with Crippen molar-refractivity contribution in [2.75, 3.05) is 33.2 Å². The third-order valence-electron chi connectivity index (χ3n) is 5.79. The lowest BCUT2D eigenvalue weighted by Crippen LogP contribution is -2.42. The SMILES string of the molecule is CNC1CCN(CCN=CC2=C(O)CC(c3ccc(C)cc3)CC2=O)CC1. The number of likely N-dealkylation sites (tertiary alicyclic amines) is 1. The number of aliphatic imine (C=N–C) groups is 1. The van der Waals surface area contributed by atoms with Gasteiger partial charge < -0.3 is 15.3 Å². The summed E-state index contributed by atoms with van der Waals surface area (Å²) in [6.07, 6.45) is 4.87. The van der Waals surface area contributed by atoms with Gasteiger partial charge in [0.2, 0.25) is 0 Å². The lowest BCUT2D eigenvalue weighted by atomic mass is 9.83. The molecule has 0 spiro atoms. The Morgan fingerprint density at radius 3 is 2.56 bits per heavy atom. The van der Waals surface area contributed by atoms with Gasteiger partial charge in [-0.05, 0) is 51.4 Å². The summed E-state index contributed by atoms with van der Waals surface area (Å²) in [5.74, 6) is 0.224. The highest BCUT2D eigenvalue weighted by molar-refractivity contribution is 6.14. The second kappa shape index (κ2) is 9.29. The first-order valence-corrected chi connectivity index (χ1v) is 9.98. The quantitative estimate of drug-likeness (QED) is 0.757. The van der Waals surface area contributed by atoms with Gasteiger partial charge in [0.1, 0.15) is 5.76 Å². The molecule has 2 N–H and O–H groups in total. The number of aliphatic hydroxyl groups is 1. The third kappa shape index (κ3) is 5.27. The van der Waals surface area contributed by atoms with E-state index in [0.29, 0.717) is 31.0 Å². The number of piperidine rings is 1. The van der Waals surface area contributed by atoms with Crippen LogP contribution >= 0.6 is 0 Å². The molecule has 146 valence electrons. The lowest BCUT2D eigenvalue weighted by Gasteiger charge is -2.31. The predicted octanol–water partition coefficient (Wildman–Crippen LogP) is 3.01. The van der Waals surface area contributed by atoms with Crippen molar-refractivity contribution in [3.8, 4) is 0 Å². The number of allylic oxidation sites excluding steroid dienone is 2. The number of aryl methyl sites for hydroxylation is 1. The topological polar surface area (TPSA) is 64.9 Å². The van der Waals surface area contributed by atoms with Crippen LogP contribution < -0.4 is 5.32 Å². The Balaban J connectivity index is 1.52. The maximum absolute atomic E-state index is 12.5. The fraction of sp³-hybridized carbons (Fsp3) is 0.545. The molecule has 5 nitrogen and oxygen atoms in total. The Labute approximate surface area is 162 Å². The van der Waals surface area contributed by atoms with Crippen LogP contribution in [0.4, 0.5) is 0 Å². The summed E-state index contributed by atoms with van der Waals surface area (Å²) in [6, 6.07) is 8.84. The molecule has 0 bridgehead atoms.